The van der Waals surface area contributed by atoms with Crippen molar-refractivity contribution in [3.8, 4) is 0 Å². The third-order valence-electron chi connectivity index (χ3n) is 8.54. The molecular weight excluding hydrogens is 570 g/mol. The van der Waals surface area contributed by atoms with Crippen molar-refractivity contribution in [1.82, 2.24) is 0 Å². The summed E-state index contributed by atoms with van der Waals surface area (Å²) in [6.07, 6.45) is 0. The van der Waals surface area contributed by atoms with Crippen molar-refractivity contribution in [2.24, 2.45) is 0 Å². The lowest BCUT2D eigenvalue weighted by Gasteiger charge is -2.30. The van der Waals surface area contributed by atoms with Crippen molar-refractivity contribution < 1.29 is 8.78 Å². The van der Waals surface area contributed by atoms with Crippen LogP contribution in [0.15, 0.2) is 170 Å². The summed E-state index contributed by atoms with van der Waals surface area (Å²) in [6, 6.07) is 54.4. The van der Waals surface area contributed by atoms with Gasteiger partial charge in [-0.25, -0.2) is 8.78 Å². The van der Waals surface area contributed by atoms with Crippen LogP contribution in [-0.4, -0.2) is 0 Å². The standard InChI is InChI=1S/C42H28F2N2/c43-37-23-11-13-25-39(37)45(29-15-3-1-4-16-29)41-27-35-32-20-8-10-22-34(32)42(28-36(35)31-19-7-9-21-33(31)41)46(30-17-5-2-6-18-30)40-26-14-12-24-38(40)44/h1-28H. The maximum absolute atomic E-state index is 15.6. The van der Waals surface area contributed by atoms with Crippen LogP contribution in [0.1, 0.15) is 0 Å². The van der Waals surface area contributed by atoms with E-state index in [0.29, 0.717) is 11.4 Å². The summed E-state index contributed by atoms with van der Waals surface area (Å²) in [5.74, 6) is -0.613. The van der Waals surface area contributed by atoms with Crippen molar-refractivity contribution in [3.63, 3.8) is 0 Å². The molecule has 0 atom stereocenters. The molecule has 0 aliphatic carbocycles. The maximum Gasteiger partial charge on any atom is 0.147 e. The molecule has 0 saturated carbocycles. The van der Waals surface area contributed by atoms with Crippen molar-refractivity contribution in [3.05, 3.63) is 181 Å². The molecule has 0 radical (unpaired) electrons. The van der Waals surface area contributed by atoms with E-state index < -0.39 is 0 Å². The summed E-state index contributed by atoms with van der Waals surface area (Å²) in [7, 11) is 0. The molecule has 0 bridgehead atoms. The summed E-state index contributed by atoms with van der Waals surface area (Å²) >= 11 is 0. The van der Waals surface area contributed by atoms with Crippen LogP contribution in [0, 0.1) is 11.6 Å². The van der Waals surface area contributed by atoms with E-state index in [-0.39, 0.29) is 11.6 Å². The Bertz CT molecular complexity index is 2190. The van der Waals surface area contributed by atoms with Gasteiger partial charge in [-0.05, 0) is 82.2 Å². The molecule has 0 saturated heterocycles. The van der Waals surface area contributed by atoms with Crippen LogP contribution in [0.4, 0.5) is 42.9 Å². The van der Waals surface area contributed by atoms with Gasteiger partial charge in [0.25, 0.3) is 0 Å². The van der Waals surface area contributed by atoms with Crippen LogP contribution in [0.2, 0.25) is 0 Å². The average Bonchev–Trinajstić information content (AvgIpc) is 3.11. The van der Waals surface area contributed by atoms with E-state index in [2.05, 4.69) is 36.4 Å². The lowest BCUT2D eigenvalue weighted by Crippen LogP contribution is -2.13. The number of para-hydroxylation sites is 4. The maximum atomic E-state index is 15.6. The largest absolute Gasteiger partial charge is 0.307 e. The van der Waals surface area contributed by atoms with Crippen molar-refractivity contribution in [2.75, 3.05) is 9.80 Å². The Morgan fingerprint density at radius 2 is 0.609 bits per heavy atom. The van der Waals surface area contributed by atoms with Gasteiger partial charge in [0, 0.05) is 22.1 Å². The smallest absolute Gasteiger partial charge is 0.147 e. The Morgan fingerprint density at radius 3 is 1.00 bits per heavy atom. The lowest BCUT2D eigenvalue weighted by molar-refractivity contribution is 0.628. The van der Waals surface area contributed by atoms with Gasteiger partial charge in [-0.15, -0.1) is 0 Å². The molecule has 8 aromatic carbocycles. The Hall–Kier alpha value is -6.00. The van der Waals surface area contributed by atoms with E-state index in [1.54, 1.807) is 12.1 Å². The van der Waals surface area contributed by atoms with Gasteiger partial charge in [0.15, 0.2) is 0 Å². The van der Waals surface area contributed by atoms with E-state index in [4.69, 9.17) is 0 Å². The Labute approximate surface area is 266 Å². The monoisotopic (exact) mass is 598 g/mol. The molecule has 0 fully saturated rings. The van der Waals surface area contributed by atoms with E-state index in [1.165, 1.54) is 12.1 Å². The summed E-state index contributed by atoms with van der Waals surface area (Å²) in [5, 5.41) is 6.02. The summed E-state index contributed by atoms with van der Waals surface area (Å²) in [4.78, 5) is 3.99. The lowest BCUT2D eigenvalue weighted by atomic mass is 9.93. The topological polar surface area (TPSA) is 6.48 Å². The number of nitrogens with zero attached hydrogens (tertiary/aromatic N) is 2. The molecule has 0 amide bonds. The minimum absolute atomic E-state index is 0.306. The molecule has 0 heterocycles. The second-order valence-corrected chi connectivity index (χ2v) is 11.2. The van der Waals surface area contributed by atoms with Gasteiger partial charge in [-0.1, -0.05) is 109 Å². The minimum Gasteiger partial charge on any atom is -0.307 e. The summed E-state index contributed by atoms with van der Waals surface area (Å²) in [6.45, 7) is 0. The second kappa shape index (κ2) is 11.5. The Kier molecular flexibility index (Phi) is 6.88. The highest BCUT2D eigenvalue weighted by molar-refractivity contribution is 6.24. The molecular formula is C42H28F2N2. The zero-order chi connectivity index (χ0) is 31.0. The predicted octanol–water partition coefficient (Wildman–Crippen LogP) is 12.4. The van der Waals surface area contributed by atoms with Gasteiger partial charge in [-0.3, -0.25) is 0 Å². The molecule has 46 heavy (non-hydrogen) atoms. The minimum atomic E-state index is -0.306. The summed E-state index contributed by atoms with van der Waals surface area (Å²) < 4.78 is 31.2. The molecule has 0 unspecified atom stereocenters. The first kappa shape index (κ1) is 27.5. The molecule has 0 aliphatic rings. The highest BCUT2D eigenvalue weighted by Gasteiger charge is 2.23. The highest BCUT2D eigenvalue weighted by atomic mass is 19.1. The average molecular weight is 599 g/mol. The number of hydrogen-bond donors (Lipinski definition) is 0. The molecule has 4 heteroatoms. The molecule has 0 aromatic heterocycles. The number of rotatable bonds is 6. The highest BCUT2D eigenvalue weighted by Crippen LogP contribution is 2.48. The molecule has 220 valence electrons. The number of halogens is 2. The Balaban J connectivity index is 1.49. The van der Waals surface area contributed by atoms with Crippen LogP contribution in [0.25, 0.3) is 32.3 Å². The van der Waals surface area contributed by atoms with Crippen LogP contribution in [-0.2, 0) is 0 Å². The molecule has 0 N–H and O–H groups in total. The fraction of sp³-hybridized carbons (Fsp3) is 0. The molecule has 0 aliphatic heterocycles. The van der Waals surface area contributed by atoms with E-state index in [1.807, 2.05) is 119 Å². The van der Waals surface area contributed by atoms with Crippen LogP contribution < -0.4 is 9.80 Å². The van der Waals surface area contributed by atoms with Crippen LogP contribution >= 0.6 is 0 Å². The van der Waals surface area contributed by atoms with Crippen molar-refractivity contribution >= 4 is 66.4 Å². The number of hydrogen-bond acceptors (Lipinski definition) is 2. The Morgan fingerprint density at radius 1 is 0.283 bits per heavy atom. The van der Waals surface area contributed by atoms with Gasteiger partial charge in [0.05, 0.1) is 22.7 Å². The van der Waals surface area contributed by atoms with Gasteiger partial charge in [0.1, 0.15) is 11.6 Å². The van der Waals surface area contributed by atoms with Gasteiger partial charge in [0.2, 0.25) is 0 Å². The third kappa shape index (κ3) is 4.63. The molecule has 8 aromatic rings. The van der Waals surface area contributed by atoms with E-state index in [0.717, 1.165) is 55.1 Å². The zero-order valence-corrected chi connectivity index (χ0v) is 24.8. The predicted molar refractivity (Wildman–Crippen MR) is 188 cm³/mol. The van der Waals surface area contributed by atoms with Crippen LogP contribution in [0.5, 0.6) is 0 Å². The second-order valence-electron chi connectivity index (χ2n) is 11.2. The fourth-order valence-corrected chi connectivity index (χ4v) is 6.52. The SMILES string of the molecule is Fc1ccccc1N(c1ccccc1)c1cc2c3ccccc3c(N(c3ccccc3)c3ccccc3F)cc2c2ccccc12. The number of fused-ring (bicyclic) bond motifs is 5. The van der Waals surface area contributed by atoms with Gasteiger partial charge in [-0.2, -0.15) is 0 Å². The summed E-state index contributed by atoms with van der Waals surface area (Å²) in [5.41, 5.74) is 4.38. The van der Waals surface area contributed by atoms with Gasteiger partial charge < -0.3 is 9.80 Å². The van der Waals surface area contributed by atoms with Crippen molar-refractivity contribution in [2.45, 2.75) is 0 Å². The van der Waals surface area contributed by atoms with Gasteiger partial charge >= 0.3 is 0 Å². The molecule has 2 nitrogen and oxygen atoms in total. The molecule has 8 rings (SSSR count). The zero-order valence-electron chi connectivity index (χ0n) is 24.8. The third-order valence-corrected chi connectivity index (χ3v) is 8.54. The first-order valence-corrected chi connectivity index (χ1v) is 15.3. The first-order valence-electron chi connectivity index (χ1n) is 15.3. The van der Waals surface area contributed by atoms with E-state index in [9.17, 15) is 0 Å². The molecule has 0 spiro atoms. The van der Waals surface area contributed by atoms with Crippen molar-refractivity contribution in [1.29, 1.82) is 0 Å². The fourth-order valence-electron chi connectivity index (χ4n) is 6.52. The number of benzene rings is 8. The normalized spacial score (nSPS) is 11.3. The quantitative estimate of drug-likeness (QED) is 0.176. The first-order chi connectivity index (χ1) is 22.7. The number of anilines is 6. The van der Waals surface area contributed by atoms with E-state index >= 15 is 8.78 Å². The van der Waals surface area contributed by atoms with Crippen LogP contribution in [0.3, 0.4) is 0 Å².